The molecule has 242 valence electrons. The molecule has 0 atom stereocenters. The van der Waals surface area contributed by atoms with Crippen LogP contribution in [0.15, 0.2) is 143 Å². The number of rotatable bonds is 11. The average molecular weight is 714 g/mol. The molecule has 49 heavy (non-hydrogen) atoms. The molecular formula is C37H35N2Na2O6S2+. The van der Waals surface area contributed by atoms with Crippen LogP contribution in [0.25, 0.3) is 5.57 Å². The first-order valence-corrected chi connectivity index (χ1v) is 18.0. The smallest absolute Gasteiger partial charge is 0.744 e. The van der Waals surface area contributed by atoms with Gasteiger partial charge in [0.25, 0.3) is 0 Å². The Balaban J connectivity index is 0.00000325. The molecule has 0 saturated heterocycles. The SMILES string of the molecule is CCN(Cc1cccc(S(=O)(=O)[O-])c1)c1ccc(C(=C2C=CC(=[N+](CC)Cc3cccc(S(=O)(=O)[O-])c3)C=C2)c2ccccc2)cc1.[Na+].[Na+]. The molecule has 1 aliphatic rings. The van der Waals surface area contributed by atoms with Crippen molar-refractivity contribution in [3.8, 4) is 0 Å². The third-order valence-electron chi connectivity index (χ3n) is 7.99. The second-order valence-electron chi connectivity index (χ2n) is 11.1. The van der Waals surface area contributed by atoms with Gasteiger partial charge < -0.3 is 14.0 Å². The van der Waals surface area contributed by atoms with Gasteiger partial charge in [-0.05, 0) is 90.2 Å². The Labute approximate surface area is 333 Å². The van der Waals surface area contributed by atoms with Gasteiger partial charge in [-0.2, -0.15) is 0 Å². The minimum Gasteiger partial charge on any atom is -0.744 e. The second kappa shape index (κ2) is 18.1. The molecule has 0 aromatic heterocycles. The van der Waals surface area contributed by atoms with E-state index >= 15 is 0 Å². The van der Waals surface area contributed by atoms with Crippen LogP contribution in [0.3, 0.4) is 0 Å². The van der Waals surface area contributed by atoms with Crippen molar-refractivity contribution in [1.82, 2.24) is 0 Å². The van der Waals surface area contributed by atoms with Gasteiger partial charge in [0.1, 0.15) is 26.8 Å². The molecule has 4 aromatic carbocycles. The minimum atomic E-state index is -4.53. The summed E-state index contributed by atoms with van der Waals surface area (Å²) in [4.78, 5) is 1.64. The van der Waals surface area contributed by atoms with Crippen LogP contribution >= 0.6 is 0 Å². The minimum absolute atomic E-state index is 0. The number of hydrogen-bond donors (Lipinski definition) is 0. The number of anilines is 1. The zero-order chi connectivity index (χ0) is 33.6. The third-order valence-corrected chi connectivity index (χ3v) is 9.65. The Morgan fingerprint density at radius 2 is 1.18 bits per heavy atom. The van der Waals surface area contributed by atoms with Crippen LogP contribution in [-0.4, -0.2) is 49.3 Å². The van der Waals surface area contributed by atoms with Gasteiger partial charge in [0.2, 0.25) is 0 Å². The van der Waals surface area contributed by atoms with E-state index in [9.17, 15) is 25.9 Å². The van der Waals surface area contributed by atoms with Crippen molar-refractivity contribution in [1.29, 1.82) is 0 Å². The van der Waals surface area contributed by atoms with Crippen molar-refractivity contribution in [3.63, 3.8) is 0 Å². The largest absolute Gasteiger partial charge is 1.00 e. The average Bonchev–Trinajstić information content (AvgIpc) is 3.07. The van der Waals surface area contributed by atoms with Crippen LogP contribution in [0.5, 0.6) is 0 Å². The standard InChI is InChI=1S/C37H36N2O6S2.2Na/c1-3-38(26-28-10-8-14-35(24-28)46(40,41)42)33-20-16-31(17-21-33)37(30-12-6-5-7-13-30)32-18-22-34(23-19-32)39(4-2)27-29-11-9-15-36(25-29)47(43,44)45;;/h5-25H,3-4,26-27H2,1-2H3,(H-,40,41,42,43,44,45);;/q;2*+1/p-1. The summed E-state index contributed by atoms with van der Waals surface area (Å²) in [6.45, 7) is 6.28. The van der Waals surface area contributed by atoms with Crippen LogP contribution in [0.2, 0.25) is 0 Å². The van der Waals surface area contributed by atoms with Crippen molar-refractivity contribution in [2.45, 2.75) is 36.7 Å². The Hall–Kier alpha value is -2.61. The summed E-state index contributed by atoms with van der Waals surface area (Å²) in [6.07, 6.45) is 8.23. The summed E-state index contributed by atoms with van der Waals surface area (Å²) in [5.74, 6) is 0. The quantitative estimate of drug-likeness (QED) is 0.123. The van der Waals surface area contributed by atoms with Gasteiger partial charge in [-0.1, -0.05) is 66.7 Å². The molecule has 0 saturated carbocycles. The molecule has 5 rings (SSSR count). The number of benzene rings is 4. The molecule has 0 aliphatic heterocycles. The van der Waals surface area contributed by atoms with Crippen molar-refractivity contribution in [2.24, 2.45) is 0 Å². The summed E-state index contributed by atoms with van der Waals surface area (Å²) in [7, 11) is -9.07. The van der Waals surface area contributed by atoms with Crippen molar-refractivity contribution >= 4 is 37.2 Å². The van der Waals surface area contributed by atoms with E-state index in [1.807, 2.05) is 68.5 Å². The maximum atomic E-state index is 11.5. The summed E-state index contributed by atoms with van der Waals surface area (Å²) in [5, 5.41) is 0. The molecule has 0 heterocycles. The van der Waals surface area contributed by atoms with Crippen molar-refractivity contribution in [3.05, 3.63) is 155 Å². The molecule has 0 spiro atoms. The van der Waals surface area contributed by atoms with Gasteiger partial charge in [-0.25, -0.2) is 21.4 Å². The molecule has 1 aliphatic carbocycles. The Morgan fingerprint density at radius 1 is 0.653 bits per heavy atom. The van der Waals surface area contributed by atoms with Crippen LogP contribution < -0.4 is 64.0 Å². The zero-order valence-corrected chi connectivity index (χ0v) is 33.7. The fourth-order valence-corrected chi connectivity index (χ4v) is 6.68. The topological polar surface area (TPSA) is 121 Å². The Bertz CT molecular complexity index is 2090. The molecular weight excluding hydrogens is 679 g/mol. The van der Waals surface area contributed by atoms with Gasteiger partial charge in [-0.15, -0.1) is 0 Å². The first-order chi connectivity index (χ1) is 22.5. The fourth-order valence-electron chi connectivity index (χ4n) is 5.59. The third kappa shape index (κ3) is 10.7. The summed E-state index contributed by atoms with van der Waals surface area (Å²) in [5.41, 5.74) is 7.53. The number of allylic oxidation sites excluding steroid dienone is 5. The first kappa shape index (κ1) is 40.8. The first-order valence-electron chi connectivity index (χ1n) is 15.2. The van der Waals surface area contributed by atoms with E-state index in [0.717, 1.165) is 44.8 Å². The van der Waals surface area contributed by atoms with Gasteiger partial charge in [0.05, 0.1) is 9.79 Å². The van der Waals surface area contributed by atoms with Crippen LogP contribution in [0, 0.1) is 0 Å². The van der Waals surface area contributed by atoms with Gasteiger partial charge in [0, 0.05) is 36.5 Å². The van der Waals surface area contributed by atoms with Crippen LogP contribution in [0.1, 0.15) is 36.1 Å². The van der Waals surface area contributed by atoms with Gasteiger partial charge >= 0.3 is 59.1 Å². The monoisotopic (exact) mass is 713 g/mol. The second-order valence-corrected chi connectivity index (χ2v) is 13.8. The zero-order valence-electron chi connectivity index (χ0n) is 28.1. The molecule has 4 aromatic rings. The van der Waals surface area contributed by atoms with Gasteiger partial charge in [0.15, 0.2) is 12.3 Å². The predicted molar refractivity (Wildman–Crippen MR) is 182 cm³/mol. The summed E-state index contributed by atoms with van der Waals surface area (Å²) >= 11 is 0. The van der Waals surface area contributed by atoms with Crippen molar-refractivity contribution in [2.75, 3.05) is 18.0 Å². The Morgan fingerprint density at radius 3 is 1.71 bits per heavy atom. The van der Waals surface area contributed by atoms with Crippen molar-refractivity contribution < 1.29 is 89.6 Å². The molecule has 0 radical (unpaired) electrons. The van der Waals surface area contributed by atoms with E-state index in [4.69, 9.17) is 0 Å². The van der Waals surface area contributed by atoms with Crippen LogP contribution in [0.4, 0.5) is 5.69 Å². The molecule has 0 unspecified atom stereocenters. The summed E-state index contributed by atoms with van der Waals surface area (Å²) in [6, 6.07) is 30.6. The molecule has 0 bridgehead atoms. The molecule has 0 fully saturated rings. The van der Waals surface area contributed by atoms with E-state index < -0.39 is 20.2 Å². The Kier molecular flexibility index (Phi) is 15.0. The molecule has 8 nitrogen and oxygen atoms in total. The van der Waals surface area contributed by atoms with E-state index in [1.165, 1.54) is 24.3 Å². The number of nitrogens with zero attached hydrogens (tertiary/aromatic N) is 2. The van der Waals surface area contributed by atoms with Crippen LogP contribution in [-0.2, 0) is 33.3 Å². The van der Waals surface area contributed by atoms with E-state index in [0.29, 0.717) is 26.2 Å². The van der Waals surface area contributed by atoms with Gasteiger partial charge in [-0.3, -0.25) is 0 Å². The van der Waals surface area contributed by atoms with E-state index in [2.05, 4.69) is 45.9 Å². The predicted octanol–water partition coefficient (Wildman–Crippen LogP) is 0.131. The van der Waals surface area contributed by atoms with E-state index in [-0.39, 0.29) is 68.9 Å². The van der Waals surface area contributed by atoms with E-state index in [1.54, 1.807) is 12.1 Å². The normalized spacial score (nSPS) is 12.6. The fraction of sp³-hybridized carbons (Fsp3) is 0.162. The maximum absolute atomic E-state index is 11.5. The molecule has 12 heteroatoms. The number of hydrogen-bond acceptors (Lipinski definition) is 7. The summed E-state index contributed by atoms with van der Waals surface area (Å²) < 4.78 is 71.3. The molecule has 0 N–H and O–H groups in total. The maximum Gasteiger partial charge on any atom is 1.00 e. The molecule has 0 amide bonds.